The van der Waals surface area contributed by atoms with Gasteiger partial charge in [0.1, 0.15) is 5.69 Å². The van der Waals surface area contributed by atoms with Crippen LogP contribution in [0.3, 0.4) is 0 Å². The lowest BCUT2D eigenvalue weighted by Crippen LogP contribution is -2.09. The largest absolute Gasteiger partial charge is 0.464 e. The molecule has 184 valence electrons. The molecule has 2 heterocycles. The molecule has 0 radical (unpaired) electrons. The van der Waals surface area contributed by atoms with Gasteiger partial charge in [0.25, 0.3) is 0 Å². The van der Waals surface area contributed by atoms with Gasteiger partial charge in [0.15, 0.2) is 0 Å². The van der Waals surface area contributed by atoms with Gasteiger partial charge in [0.2, 0.25) is 0 Å². The zero-order valence-corrected chi connectivity index (χ0v) is 23.1. The lowest BCUT2D eigenvalue weighted by molar-refractivity contribution is 0.0587. The number of methoxy groups -OCH3 is 1. The van der Waals surface area contributed by atoms with Gasteiger partial charge in [-0.15, -0.1) is 0 Å². The van der Waals surface area contributed by atoms with Crippen LogP contribution in [0.2, 0.25) is 20.1 Å². The number of hydrogen-bond donors (Lipinski definition) is 0. The third-order valence-corrected chi connectivity index (χ3v) is 6.76. The van der Waals surface area contributed by atoms with E-state index in [1.54, 1.807) is 38.2 Å². The zero-order chi connectivity index (χ0) is 26.0. The molecule has 10 heteroatoms. The van der Waals surface area contributed by atoms with Crippen LogP contribution in [0.15, 0.2) is 36.4 Å². The first-order chi connectivity index (χ1) is 16.5. The highest BCUT2D eigenvalue weighted by Gasteiger charge is 2.21. The van der Waals surface area contributed by atoms with Crippen molar-refractivity contribution in [3.63, 3.8) is 0 Å². The molecule has 0 amide bonds. The van der Waals surface area contributed by atoms with Gasteiger partial charge in [-0.2, -0.15) is 10.2 Å². The Hall–Kier alpha value is -2.51. The van der Waals surface area contributed by atoms with Crippen molar-refractivity contribution >= 4 is 52.4 Å². The molecule has 0 fully saturated rings. The zero-order valence-electron chi connectivity index (χ0n) is 20.1. The van der Waals surface area contributed by atoms with Crippen LogP contribution in [0.5, 0.6) is 0 Å². The van der Waals surface area contributed by atoms with Crippen LogP contribution in [-0.4, -0.2) is 32.6 Å². The Morgan fingerprint density at radius 1 is 0.771 bits per heavy atom. The monoisotopic (exact) mass is 552 g/mol. The Balaban J connectivity index is 0.000000198. The van der Waals surface area contributed by atoms with E-state index < -0.39 is 5.97 Å². The Kier molecular flexibility index (Phi) is 8.54. The maximum Gasteiger partial charge on any atom is 0.356 e. The molecule has 0 aliphatic carbocycles. The fourth-order valence-electron chi connectivity index (χ4n) is 3.60. The molecule has 0 saturated heterocycles. The molecule has 4 aromatic rings. The molecule has 0 unspecified atom stereocenters. The lowest BCUT2D eigenvalue weighted by atomic mass is 10.1. The van der Waals surface area contributed by atoms with Crippen molar-refractivity contribution in [1.82, 2.24) is 19.6 Å². The Morgan fingerprint density at radius 3 is 1.63 bits per heavy atom. The highest BCUT2D eigenvalue weighted by molar-refractivity contribution is 6.37. The second-order valence-electron chi connectivity index (χ2n) is 7.87. The predicted octanol–water partition coefficient (Wildman–Crippen LogP) is 7.50. The molecular weight excluding hydrogens is 530 g/mol. The summed E-state index contributed by atoms with van der Waals surface area (Å²) in [5.41, 5.74) is 6.63. The quantitative estimate of drug-likeness (QED) is 0.246. The molecule has 0 saturated carbocycles. The first kappa shape index (κ1) is 27.1. The summed E-state index contributed by atoms with van der Waals surface area (Å²) in [5, 5.41) is 11.1. The average molecular weight is 554 g/mol. The van der Waals surface area contributed by atoms with Gasteiger partial charge in [-0.25, -0.2) is 4.79 Å². The summed E-state index contributed by atoms with van der Waals surface area (Å²) in [7, 11) is 4.95. The Bertz CT molecular complexity index is 1410. The van der Waals surface area contributed by atoms with E-state index in [1.165, 1.54) is 11.8 Å². The molecule has 0 aliphatic rings. The topological polar surface area (TPSA) is 61.9 Å². The number of hydrogen-bond acceptors (Lipinski definition) is 4. The van der Waals surface area contributed by atoms with E-state index in [0.29, 0.717) is 31.5 Å². The molecule has 0 bridgehead atoms. The molecule has 0 N–H and O–H groups in total. The van der Waals surface area contributed by atoms with E-state index in [9.17, 15) is 4.79 Å². The fraction of sp³-hybridized carbons (Fsp3) is 0.240. The second kappa shape index (κ2) is 11.0. The van der Waals surface area contributed by atoms with Crippen LogP contribution >= 0.6 is 46.4 Å². The smallest absolute Gasteiger partial charge is 0.356 e. The number of ether oxygens (including phenoxy) is 1. The summed E-state index contributed by atoms with van der Waals surface area (Å²) in [6.07, 6.45) is 0. The number of benzene rings is 2. The van der Waals surface area contributed by atoms with Crippen LogP contribution in [-0.2, 0) is 18.8 Å². The SMILES string of the molecule is COC(=O)c1c(C)c(-c2ccc(Cl)cc2Cl)nn1C.Cc1c(-c2ccc(Cl)cc2Cl)nn(C)c1C. The van der Waals surface area contributed by atoms with Crippen LogP contribution in [0, 0.1) is 20.8 Å². The molecule has 0 atom stereocenters. The van der Waals surface area contributed by atoms with Gasteiger partial charge in [-0.1, -0.05) is 46.4 Å². The van der Waals surface area contributed by atoms with E-state index in [0.717, 1.165) is 33.6 Å². The summed E-state index contributed by atoms with van der Waals surface area (Å²) in [6.45, 7) is 5.89. The van der Waals surface area contributed by atoms with E-state index in [1.807, 2.05) is 37.7 Å². The van der Waals surface area contributed by atoms with Crippen molar-refractivity contribution in [3.05, 3.63) is 79.0 Å². The minimum atomic E-state index is -0.427. The van der Waals surface area contributed by atoms with Crippen molar-refractivity contribution in [1.29, 1.82) is 0 Å². The third kappa shape index (κ3) is 5.67. The van der Waals surface area contributed by atoms with Crippen LogP contribution in [0.4, 0.5) is 0 Å². The Morgan fingerprint density at radius 2 is 1.23 bits per heavy atom. The van der Waals surface area contributed by atoms with Gasteiger partial charge >= 0.3 is 5.97 Å². The van der Waals surface area contributed by atoms with E-state index in [-0.39, 0.29) is 0 Å². The highest BCUT2D eigenvalue weighted by atomic mass is 35.5. The third-order valence-electron chi connectivity index (χ3n) is 5.67. The summed E-state index contributed by atoms with van der Waals surface area (Å²) >= 11 is 24.1. The first-order valence-electron chi connectivity index (χ1n) is 10.5. The van der Waals surface area contributed by atoms with Crippen molar-refractivity contribution < 1.29 is 9.53 Å². The number of rotatable bonds is 3. The molecule has 35 heavy (non-hydrogen) atoms. The molecule has 0 spiro atoms. The molecular formula is C25H24Cl4N4O2. The summed E-state index contributed by atoms with van der Waals surface area (Å²) in [4.78, 5) is 11.7. The van der Waals surface area contributed by atoms with Crippen LogP contribution in [0.1, 0.15) is 27.3 Å². The Labute approximate surface area is 224 Å². The minimum absolute atomic E-state index is 0.406. The summed E-state index contributed by atoms with van der Waals surface area (Å²) in [5.74, 6) is -0.427. The van der Waals surface area contributed by atoms with Crippen molar-refractivity contribution in [3.8, 4) is 22.5 Å². The number of carbonyl (C=O) groups excluding carboxylic acids is 1. The fourth-order valence-corrected chi connectivity index (χ4v) is 4.60. The van der Waals surface area contributed by atoms with Gasteiger partial charge < -0.3 is 4.74 Å². The molecule has 2 aromatic carbocycles. The minimum Gasteiger partial charge on any atom is -0.464 e. The molecule has 0 aliphatic heterocycles. The maximum atomic E-state index is 11.7. The number of carbonyl (C=O) groups is 1. The number of esters is 1. The lowest BCUT2D eigenvalue weighted by Gasteiger charge is -2.03. The van der Waals surface area contributed by atoms with E-state index >= 15 is 0 Å². The van der Waals surface area contributed by atoms with Gasteiger partial charge in [0, 0.05) is 46.5 Å². The van der Waals surface area contributed by atoms with Gasteiger partial charge in [-0.3, -0.25) is 9.36 Å². The van der Waals surface area contributed by atoms with Crippen molar-refractivity contribution in [2.24, 2.45) is 14.1 Å². The number of aromatic nitrogens is 4. The van der Waals surface area contributed by atoms with Gasteiger partial charge in [-0.05, 0) is 62.7 Å². The number of halogens is 4. The molecule has 2 aromatic heterocycles. The van der Waals surface area contributed by atoms with Crippen molar-refractivity contribution in [2.45, 2.75) is 20.8 Å². The highest BCUT2D eigenvalue weighted by Crippen LogP contribution is 2.33. The average Bonchev–Trinajstić information content (AvgIpc) is 3.23. The normalized spacial score (nSPS) is 10.7. The van der Waals surface area contributed by atoms with Crippen LogP contribution in [0.25, 0.3) is 22.5 Å². The van der Waals surface area contributed by atoms with Gasteiger partial charge in [0.05, 0.1) is 28.5 Å². The summed E-state index contributed by atoms with van der Waals surface area (Å²) in [6, 6.07) is 10.6. The van der Waals surface area contributed by atoms with Crippen molar-refractivity contribution in [2.75, 3.05) is 7.11 Å². The number of nitrogens with zero attached hydrogens (tertiary/aromatic N) is 4. The van der Waals surface area contributed by atoms with E-state index in [4.69, 9.17) is 51.1 Å². The predicted molar refractivity (Wildman–Crippen MR) is 143 cm³/mol. The molecule has 4 rings (SSSR count). The van der Waals surface area contributed by atoms with Crippen LogP contribution < -0.4 is 0 Å². The summed E-state index contributed by atoms with van der Waals surface area (Å²) < 4.78 is 8.09. The van der Waals surface area contributed by atoms with E-state index in [2.05, 4.69) is 10.2 Å². The maximum absolute atomic E-state index is 11.7. The second-order valence-corrected chi connectivity index (χ2v) is 9.56. The number of aryl methyl sites for hydroxylation is 2. The standard InChI is InChI=1S/C13H12Cl2N2O2.C12H12Cl2N2/c1-7-11(9-5-4-8(14)6-10(9)15)16-17(2)12(7)13(18)19-3;1-7-8(2)16(3)15-12(7)10-5-4-9(13)6-11(10)14/h4-6H,1-3H3;4-6H,1-3H3. The molecule has 6 nitrogen and oxygen atoms in total. The first-order valence-corrected chi connectivity index (χ1v) is 12.0.